The van der Waals surface area contributed by atoms with Gasteiger partial charge in [-0.2, -0.15) is 0 Å². The molecule has 0 radical (unpaired) electrons. The highest BCUT2D eigenvalue weighted by atomic mass is 16.4. The van der Waals surface area contributed by atoms with Gasteiger partial charge in [0, 0.05) is 0 Å². The van der Waals surface area contributed by atoms with Gasteiger partial charge >= 0.3 is 5.97 Å². The van der Waals surface area contributed by atoms with Crippen LogP contribution in [0.5, 0.6) is 0 Å². The second-order valence-corrected chi connectivity index (χ2v) is 2.76. The minimum Gasteiger partial charge on any atom is -0.479 e. The zero-order chi connectivity index (χ0) is 10.4. The molecule has 0 rings (SSSR count). The van der Waals surface area contributed by atoms with Crippen molar-refractivity contribution in [3.63, 3.8) is 0 Å². The summed E-state index contributed by atoms with van der Waals surface area (Å²) in [6, 6.07) is 0. The van der Waals surface area contributed by atoms with E-state index in [9.17, 15) is 4.79 Å². The molecule has 0 aliphatic rings. The summed E-state index contributed by atoms with van der Waals surface area (Å²) >= 11 is 0. The lowest BCUT2D eigenvalue weighted by molar-refractivity contribution is -0.153. The van der Waals surface area contributed by atoms with Gasteiger partial charge in [0.15, 0.2) is 6.10 Å². The van der Waals surface area contributed by atoms with E-state index in [1.165, 1.54) is 0 Å². The van der Waals surface area contributed by atoms with Gasteiger partial charge in [-0.15, -0.1) is 0 Å². The highest BCUT2D eigenvalue weighted by Gasteiger charge is 2.23. The number of aliphatic carboxylic acids is 1. The zero-order valence-electron chi connectivity index (χ0n) is 7.00. The van der Waals surface area contributed by atoms with Gasteiger partial charge in [-0.25, -0.2) is 4.79 Å². The summed E-state index contributed by atoms with van der Waals surface area (Å²) in [6.07, 6.45) is -4.28. The van der Waals surface area contributed by atoms with E-state index in [2.05, 4.69) is 0 Å². The predicted molar refractivity (Wildman–Crippen MR) is 42.0 cm³/mol. The maximum atomic E-state index is 10.1. The van der Waals surface area contributed by atoms with Crippen molar-refractivity contribution in [3.8, 4) is 0 Å². The molecule has 6 nitrogen and oxygen atoms in total. The van der Waals surface area contributed by atoms with Gasteiger partial charge in [-0.3, -0.25) is 0 Å². The van der Waals surface area contributed by atoms with Crippen LogP contribution in [0.4, 0.5) is 0 Å². The monoisotopic (exact) mass is 194 g/mol. The van der Waals surface area contributed by atoms with E-state index < -0.39 is 30.9 Å². The van der Waals surface area contributed by atoms with Crippen LogP contribution in [-0.4, -0.2) is 56.4 Å². The van der Waals surface area contributed by atoms with Crippen molar-refractivity contribution in [1.82, 2.24) is 0 Å². The van der Waals surface area contributed by atoms with Crippen molar-refractivity contribution in [2.24, 2.45) is 0 Å². The molecule has 0 aromatic heterocycles. The number of rotatable bonds is 6. The molecule has 0 aromatic rings. The van der Waals surface area contributed by atoms with E-state index in [1.54, 1.807) is 0 Å². The Morgan fingerprint density at radius 2 is 1.69 bits per heavy atom. The maximum absolute atomic E-state index is 10.1. The predicted octanol–water partition coefficient (Wildman–Crippen LogP) is -2.07. The van der Waals surface area contributed by atoms with Crippen molar-refractivity contribution in [3.05, 3.63) is 0 Å². The SMILES string of the molecule is O=C(O)C(O)C(O)CCC(O)CO. The molecule has 3 atom stereocenters. The highest BCUT2D eigenvalue weighted by Crippen LogP contribution is 2.05. The molecule has 6 heteroatoms. The minimum absolute atomic E-state index is 0.0437. The first kappa shape index (κ1) is 12.3. The smallest absolute Gasteiger partial charge is 0.335 e. The van der Waals surface area contributed by atoms with Crippen LogP contribution in [0, 0.1) is 0 Å². The van der Waals surface area contributed by atoms with Crippen molar-refractivity contribution in [1.29, 1.82) is 0 Å². The van der Waals surface area contributed by atoms with Crippen molar-refractivity contribution in [2.75, 3.05) is 6.61 Å². The van der Waals surface area contributed by atoms with Gasteiger partial charge in [0.1, 0.15) is 0 Å². The number of hydrogen-bond acceptors (Lipinski definition) is 5. The summed E-state index contributed by atoms with van der Waals surface area (Å²) in [5, 5.41) is 43.3. The molecule has 0 fully saturated rings. The molecule has 0 amide bonds. The Kier molecular flexibility index (Phi) is 5.56. The number of hydrogen-bond donors (Lipinski definition) is 5. The van der Waals surface area contributed by atoms with Crippen LogP contribution >= 0.6 is 0 Å². The van der Waals surface area contributed by atoms with E-state index >= 15 is 0 Å². The average Bonchev–Trinajstić information content (AvgIpc) is 2.11. The third kappa shape index (κ3) is 4.79. The molecule has 0 saturated heterocycles. The lowest BCUT2D eigenvalue weighted by atomic mass is 10.1. The van der Waals surface area contributed by atoms with E-state index in [0.29, 0.717) is 0 Å². The van der Waals surface area contributed by atoms with Crippen LogP contribution in [0.25, 0.3) is 0 Å². The Morgan fingerprint density at radius 3 is 2.08 bits per heavy atom. The molecule has 3 unspecified atom stereocenters. The fourth-order valence-electron chi connectivity index (χ4n) is 0.777. The van der Waals surface area contributed by atoms with Gasteiger partial charge in [-0.1, -0.05) is 0 Å². The van der Waals surface area contributed by atoms with Gasteiger partial charge in [-0.05, 0) is 12.8 Å². The summed E-state index contributed by atoms with van der Waals surface area (Å²) in [5.41, 5.74) is 0. The van der Waals surface area contributed by atoms with Gasteiger partial charge < -0.3 is 25.5 Å². The Labute approximate surface area is 75.1 Å². The van der Waals surface area contributed by atoms with Crippen LogP contribution in [-0.2, 0) is 4.79 Å². The molecule has 0 spiro atoms. The van der Waals surface area contributed by atoms with Crippen LogP contribution in [0.3, 0.4) is 0 Å². The summed E-state index contributed by atoms with van der Waals surface area (Å²) < 4.78 is 0. The Morgan fingerprint density at radius 1 is 1.15 bits per heavy atom. The largest absolute Gasteiger partial charge is 0.479 e. The Balaban J connectivity index is 3.73. The summed E-state index contributed by atoms with van der Waals surface area (Å²) in [4.78, 5) is 10.1. The highest BCUT2D eigenvalue weighted by molar-refractivity contribution is 5.72. The summed E-state index contributed by atoms with van der Waals surface area (Å²) in [7, 11) is 0. The molecule has 0 heterocycles. The minimum atomic E-state index is -1.84. The number of carboxylic acids is 1. The summed E-state index contributed by atoms with van der Waals surface area (Å²) in [6.45, 7) is -0.449. The van der Waals surface area contributed by atoms with E-state index in [-0.39, 0.29) is 12.8 Å². The van der Waals surface area contributed by atoms with Crippen molar-refractivity contribution >= 4 is 5.97 Å². The molecule has 0 aliphatic carbocycles. The molecular weight excluding hydrogens is 180 g/mol. The van der Waals surface area contributed by atoms with E-state index in [4.69, 9.17) is 25.5 Å². The van der Waals surface area contributed by atoms with Crippen LogP contribution in [0.1, 0.15) is 12.8 Å². The second-order valence-electron chi connectivity index (χ2n) is 2.76. The summed E-state index contributed by atoms with van der Waals surface area (Å²) in [5.74, 6) is -1.51. The molecule has 0 aliphatic heterocycles. The van der Waals surface area contributed by atoms with Gasteiger partial charge in [0.2, 0.25) is 0 Å². The Bertz CT molecular complexity index is 159. The van der Waals surface area contributed by atoms with Crippen LogP contribution in [0.15, 0.2) is 0 Å². The standard InChI is InChI=1S/C7H14O6/c8-3-4(9)1-2-5(10)6(11)7(12)13/h4-6,8-11H,1-3H2,(H,12,13). The average molecular weight is 194 g/mol. The first-order valence-electron chi connectivity index (χ1n) is 3.87. The second kappa shape index (κ2) is 5.87. The normalized spacial score (nSPS) is 17.8. The molecule has 5 N–H and O–H groups in total. The number of carboxylic acid groups (broad SMARTS) is 1. The van der Waals surface area contributed by atoms with Crippen molar-refractivity contribution < 1.29 is 30.3 Å². The lowest BCUT2D eigenvalue weighted by Crippen LogP contribution is -2.34. The first-order valence-corrected chi connectivity index (χ1v) is 3.87. The van der Waals surface area contributed by atoms with Crippen LogP contribution < -0.4 is 0 Å². The lowest BCUT2D eigenvalue weighted by Gasteiger charge is -2.14. The third-order valence-electron chi connectivity index (χ3n) is 1.62. The number of aliphatic hydroxyl groups excluding tert-OH is 4. The van der Waals surface area contributed by atoms with E-state index in [1.807, 2.05) is 0 Å². The molecule has 0 bridgehead atoms. The number of aliphatic hydroxyl groups is 4. The van der Waals surface area contributed by atoms with Crippen LogP contribution in [0.2, 0.25) is 0 Å². The zero-order valence-corrected chi connectivity index (χ0v) is 7.00. The molecule has 0 aromatic carbocycles. The van der Waals surface area contributed by atoms with Crippen molar-refractivity contribution in [2.45, 2.75) is 31.2 Å². The molecule has 0 saturated carbocycles. The quantitative estimate of drug-likeness (QED) is 0.331. The Hall–Kier alpha value is -0.690. The fourth-order valence-corrected chi connectivity index (χ4v) is 0.777. The van der Waals surface area contributed by atoms with Gasteiger partial charge in [0.25, 0.3) is 0 Å². The third-order valence-corrected chi connectivity index (χ3v) is 1.62. The molecular formula is C7H14O6. The topological polar surface area (TPSA) is 118 Å². The van der Waals surface area contributed by atoms with E-state index in [0.717, 1.165) is 0 Å². The molecule has 78 valence electrons. The maximum Gasteiger partial charge on any atom is 0.335 e. The first-order chi connectivity index (χ1) is 5.99. The van der Waals surface area contributed by atoms with Gasteiger partial charge in [0.05, 0.1) is 18.8 Å². The molecule has 13 heavy (non-hydrogen) atoms. The number of carbonyl (C=O) groups is 1. The fraction of sp³-hybridized carbons (Fsp3) is 0.857.